The Kier molecular flexibility index (Phi) is 3.10. The van der Waals surface area contributed by atoms with Gasteiger partial charge in [0.25, 0.3) is 5.56 Å². The molecule has 0 spiro atoms. The maximum absolute atomic E-state index is 11.6. The number of aromatic amines is 1. The van der Waals surface area contributed by atoms with Crippen LogP contribution >= 0.6 is 0 Å². The predicted octanol–water partition coefficient (Wildman–Crippen LogP) is -0.0174. The number of H-pyrrole nitrogens is 1. The van der Waals surface area contributed by atoms with E-state index >= 15 is 0 Å². The van der Waals surface area contributed by atoms with Crippen molar-refractivity contribution in [1.82, 2.24) is 9.55 Å². The quantitative estimate of drug-likeness (QED) is 0.430. The maximum atomic E-state index is 11.6. The average molecular weight is 239 g/mol. The van der Waals surface area contributed by atoms with Crippen LogP contribution in [0, 0.1) is 6.92 Å². The zero-order chi connectivity index (χ0) is 12.4. The fraction of sp³-hybridized carbons (Fsp3) is 0.500. The van der Waals surface area contributed by atoms with Gasteiger partial charge in [-0.1, -0.05) is 5.16 Å². The summed E-state index contributed by atoms with van der Waals surface area (Å²) in [5.41, 5.74) is -0.433. The van der Waals surface area contributed by atoms with Crippen LogP contribution in [0.1, 0.15) is 24.6 Å². The van der Waals surface area contributed by atoms with Crippen molar-refractivity contribution in [1.29, 1.82) is 0 Å². The van der Waals surface area contributed by atoms with E-state index in [-0.39, 0.29) is 6.10 Å². The lowest BCUT2D eigenvalue weighted by Crippen LogP contribution is -2.33. The Morgan fingerprint density at radius 3 is 3.06 bits per heavy atom. The van der Waals surface area contributed by atoms with E-state index in [2.05, 4.69) is 10.1 Å². The minimum atomic E-state index is -0.493. The van der Waals surface area contributed by atoms with Gasteiger partial charge in [0.05, 0.1) is 12.3 Å². The van der Waals surface area contributed by atoms with Gasteiger partial charge in [0.1, 0.15) is 6.23 Å². The molecule has 0 amide bonds. The van der Waals surface area contributed by atoms with Crippen molar-refractivity contribution in [3.05, 3.63) is 32.6 Å². The summed E-state index contributed by atoms with van der Waals surface area (Å²) < 4.78 is 6.84. The van der Waals surface area contributed by atoms with Crippen LogP contribution in [0.4, 0.5) is 0 Å². The summed E-state index contributed by atoms with van der Waals surface area (Å²) in [5, 5.41) is 11.3. The molecule has 0 saturated carbocycles. The van der Waals surface area contributed by atoms with Crippen LogP contribution in [0.2, 0.25) is 0 Å². The molecule has 0 aliphatic carbocycles. The average Bonchev–Trinajstić information content (AvgIpc) is 2.72. The van der Waals surface area contributed by atoms with Gasteiger partial charge in [0, 0.05) is 11.8 Å². The van der Waals surface area contributed by atoms with Crippen molar-refractivity contribution in [2.75, 3.05) is 0 Å². The maximum Gasteiger partial charge on any atom is 0.330 e. The van der Waals surface area contributed by atoms with Crippen molar-refractivity contribution in [2.45, 2.75) is 32.1 Å². The second kappa shape index (κ2) is 4.54. The van der Waals surface area contributed by atoms with Gasteiger partial charge >= 0.3 is 5.69 Å². The van der Waals surface area contributed by atoms with Crippen LogP contribution in [0.15, 0.2) is 20.9 Å². The fourth-order valence-electron chi connectivity index (χ4n) is 1.83. The van der Waals surface area contributed by atoms with Crippen LogP contribution in [0.5, 0.6) is 0 Å². The fourth-order valence-corrected chi connectivity index (χ4v) is 1.83. The highest BCUT2D eigenvalue weighted by Crippen LogP contribution is 2.25. The zero-order valence-corrected chi connectivity index (χ0v) is 9.29. The second-order valence-corrected chi connectivity index (χ2v) is 3.95. The topological polar surface area (TPSA) is 96.7 Å². The summed E-state index contributed by atoms with van der Waals surface area (Å²) in [6.07, 6.45) is 3.32. The van der Waals surface area contributed by atoms with Gasteiger partial charge < -0.3 is 9.94 Å². The third-order valence-electron chi connectivity index (χ3n) is 2.72. The van der Waals surface area contributed by atoms with E-state index in [0.717, 1.165) is 0 Å². The summed E-state index contributed by atoms with van der Waals surface area (Å²) >= 11 is 0. The molecule has 92 valence electrons. The summed E-state index contributed by atoms with van der Waals surface area (Å²) in [7, 11) is 0. The number of hydrogen-bond donors (Lipinski definition) is 2. The highest BCUT2D eigenvalue weighted by atomic mass is 16.5. The number of ether oxygens (including phenoxy) is 1. The van der Waals surface area contributed by atoms with Crippen molar-refractivity contribution in [3.8, 4) is 0 Å². The summed E-state index contributed by atoms with van der Waals surface area (Å²) in [6, 6.07) is 0. The van der Waals surface area contributed by atoms with Crippen LogP contribution in [0.3, 0.4) is 0 Å². The van der Waals surface area contributed by atoms with Crippen LogP contribution < -0.4 is 11.2 Å². The van der Waals surface area contributed by atoms with Crippen LogP contribution in [-0.2, 0) is 4.74 Å². The van der Waals surface area contributed by atoms with Crippen LogP contribution in [-0.4, -0.2) is 27.1 Å². The molecule has 0 radical (unpaired) electrons. The van der Waals surface area contributed by atoms with Gasteiger partial charge in [-0.2, -0.15) is 0 Å². The summed E-state index contributed by atoms with van der Waals surface area (Å²) in [5.74, 6) is 0. The largest absolute Gasteiger partial charge is 0.411 e. The lowest BCUT2D eigenvalue weighted by molar-refractivity contribution is 0.0291. The molecule has 1 aromatic rings. The molecule has 2 atom stereocenters. The number of rotatable bonds is 2. The van der Waals surface area contributed by atoms with E-state index in [4.69, 9.17) is 9.94 Å². The molecule has 2 N–H and O–H groups in total. The third-order valence-corrected chi connectivity index (χ3v) is 2.72. The molecule has 1 saturated heterocycles. The zero-order valence-electron chi connectivity index (χ0n) is 9.29. The molecule has 17 heavy (non-hydrogen) atoms. The van der Waals surface area contributed by atoms with Gasteiger partial charge in [-0.15, -0.1) is 0 Å². The Hall–Kier alpha value is -1.89. The first-order valence-corrected chi connectivity index (χ1v) is 5.27. The summed E-state index contributed by atoms with van der Waals surface area (Å²) in [4.78, 5) is 25.0. The lowest BCUT2D eigenvalue weighted by atomic mass is 10.2. The minimum absolute atomic E-state index is 0.302. The number of oxime groups is 1. The van der Waals surface area contributed by atoms with E-state index in [1.54, 1.807) is 6.92 Å². The van der Waals surface area contributed by atoms with E-state index in [1.807, 2.05) is 0 Å². The molecule has 1 aliphatic heterocycles. The predicted molar refractivity (Wildman–Crippen MR) is 59.5 cm³/mol. The van der Waals surface area contributed by atoms with Gasteiger partial charge in [0.15, 0.2) is 0 Å². The first kappa shape index (κ1) is 11.6. The van der Waals surface area contributed by atoms with Crippen molar-refractivity contribution in [2.24, 2.45) is 5.16 Å². The smallest absolute Gasteiger partial charge is 0.330 e. The number of nitrogens with zero attached hydrogens (tertiary/aromatic N) is 2. The molecular formula is C10H13N3O4. The van der Waals surface area contributed by atoms with Gasteiger partial charge in [0.2, 0.25) is 0 Å². The van der Waals surface area contributed by atoms with Crippen molar-refractivity contribution in [3.63, 3.8) is 0 Å². The number of hydrogen-bond acceptors (Lipinski definition) is 5. The molecule has 7 heteroatoms. The molecule has 0 unspecified atom stereocenters. The Balaban J connectivity index is 2.28. The van der Waals surface area contributed by atoms with E-state index < -0.39 is 17.5 Å². The second-order valence-electron chi connectivity index (χ2n) is 3.95. The van der Waals surface area contributed by atoms with Gasteiger partial charge in [-0.05, 0) is 19.8 Å². The van der Waals surface area contributed by atoms with Crippen molar-refractivity contribution >= 4 is 6.21 Å². The van der Waals surface area contributed by atoms with Gasteiger partial charge in [-0.3, -0.25) is 14.3 Å². The Labute approximate surface area is 96.3 Å². The van der Waals surface area contributed by atoms with E-state index in [0.29, 0.717) is 18.4 Å². The number of nitrogens with one attached hydrogen (secondary N) is 1. The Morgan fingerprint density at radius 2 is 2.35 bits per heavy atom. The molecular weight excluding hydrogens is 226 g/mol. The summed E-state index contributed by atoms with van der Waals surface area (Å²) in [6.45, 7) is 1.62. The molecule has 0 aromatic carbocycles. The molecule has 1 fully saturated rings. The monoisotopic (exact) mass is 239 g/mol. The Bertz CT molecular complexity index is 545. The first-order chi connectivity index (χ1) is 8.11. The van der Waals surface area contributed by atoms with E-state index in [9.17, 15) is 9.59 Å². The highest BCUT2D eigenvalue weighted by molar-refractivity contribution is 5.62. The lowest BCUT2D eigenvalue weighted by Gasteiger charge is -2.14. The molecule has 0 bridgehead atoms. The van der Waals surface area contributed by atoms with Crippen LogP contribution in [0.25, 0.3) is 0 Å². The molecule has 2 heterocycles. The number of aryl methyl sites for hydroxylation is 1. The first-order valence-electron chi connectivity index (χ1n) is 5.27. The molecule has 1 aliphatic rings. The third kappa shape index (κ3) is 2.28. The molecule has 1 aromatic heterocycles. The normalized spacial score (nSPS) is 24.5. The van der Waals surface area contributed by atoms with Crippen molar-refractivity contribution < 1.29 is 9.94 Å². The molecule has 7 nitrogen and oxygen atoms in total. The van der Waals surface area contributed by atoms with E-state index in [1.165, 1.54) is 17.0 Å². The minimum Gasteiger partial charge on any atom is -0.411 e. The standard InChI is InChI=1S/C10H13N3O4/c1-6-5-13(10(15)12-9(6)14)8-3-2-7(17-8)4-11-16/h4-5,7-8,16H,2-3H2,1H3,(H,12,14,15)/t7-,8+/m0/s1. The number of aromatic nitrogens is 2. The SMILES string of the molecule is Cc1cn([C@H]2CC[C@@H](C=NO)O2)c(=O)[nH]c1=O. The molecule has 2 rings (SSSR count). The Morgan fingerprint density at radius 1 is 1.59 bits per heavy atom. The highest BCUT2D eigenvalue weighted by Gasteiger charge is 2.26. The van der Waals surface area contributed by atoms with Gasteiger partial charge in [-0.25, -0.2) is 4.79 Å².